The molecule has 1 unspecified atom stereocenters. The number of nitrogens with zero attached hydrogens (tertiary/aromatic N) is 2. The van der Waals surface area contributed by atoms with Crippen molar-refractivity contribution in [2.45, 2.75) is 52.7 Å². The Balaban J connectivity index is 1.67. The van der Waals surface area contributed by atoms with Gasteiger partial charge in [0.1, 0.15) is 5.82 Å². The van der Waals surface area contributed by atoms with Crippen molar-refractivity contribution in [1.82, 2.24) is 20.2 Å². The second-order valence-corrected chi connectivity index (χ2v) is 7.91. The number of amides is 1. The van der Waals surface area contributed by atoms with E-state index in [4.69, 9.17) is 0 Å². The third-order valence-electron chi connectivity index (χ3n) is 5.36. The lowest BCUT2D eigenvalue weighted by Crippen LogP contribution is -2.41. The monoisotopic (exact) mass is 406 g/mol. The van der Waals surface area contributed by atoms with Crippen molar-refractivity contribution in [2.75, 3.05) is 6.54 Å². The number of H-pyrrole nitrogens is 1. The molecule has 1 aromatic heterocycles. The first kappa shape index (κ1) is 21.7. The van der Waals surface area contributed by atoms with Crippen LogP contribution < -0.4 is 10.9 Å². The maximum atomic E-state index is 12.7. The molecule has 1 atom stereocenters. The molecule has 6 nitrogen and oxygen atoms in total. The molecule has 0 radical (unpaired) electrons. The zero-order chi connectivity index (χ0) is 21.7. The maximum absolute atomic E-state index is 12.7. The molecule has 0 aliphatic carbocycles. The zero-order valence-corrected chi connectivity index (χ0v) is 18.1. The summed E-state index contributed by atoms with van der Waals surface area (Å²) in [5.41, 5.74) is 2.86. The van der Waals surface area contributed by atoms with Crippen LogP contribution >= 0.6 is 0 Å². The molecule has 0 saturated heterocycles. The summed E-state index contributed by atoms with van der Waals surface area (Å²) in [4.78, 5) is 34.4. The fourth-order valence-electron chi connectivity index (χ4n) is 3.42. The van der Waals surface area contributed by atoms with E-state index in [0.717, 1.165) is 12.0 Å². The number of carbonyl (C=O) groups excluding carboxylic acids is 1. The average molecular weight is 407 g/mol. The maximum Gasteiger partial charge on any atom is 0.258 e. The van der Waals surface area contributed by atoms with E-state index in [-0.39, 0.29) is 30.1 Å². The van der Waals surface area contributed by atoms with Crippen LogP contribution in [0, 0.1) is 0 Å². The van der Waals surface area contributed by atoms with Crippen LogP contribution in [0.25, 0.3) is 10.9 Å². The topological polar surface area (TPSA) is 78.1 Å². The van der Waals surface area contributed by atoms with Gasteiger partial charge >= 0.3 is 0 Å². The van der Waals surface area contributed by atoms with Gasteiger partial charge in [0.25, 0.3) is 5.56 Å². The lowest BCUT2D eigenvalue weighted by atomic mass is 10.0. The van der Waals surface area contributed by atoms with Crippen molar-refractivity contribution in [3.63, 3.8) is 0 Å². The standard InChI is InChI=1S/C24H30N4O2/c1-5-18-10-12-19(13-11-18)17(4)25-23(29)15-28(16(2)3)14-22-26-21-9-7-6-8-20(21)24(30)27-22/h6-13,16-17H,5,14-15H2,1-4H3,(H,25,29)(H,26,27,30). The number of nitrogens with one attached hydrogen (secondary N) is 2. The normalized spacial score (nSPS) is 12.5. The predicted octanol–water partition coefficient (Wildman–Crippen LogP) is 3.57. The van der Waals surface area contributed by atoms with Gasteiger partial charge in [0.2, 0.25) is 5.91 Å². The Bertz CT molecular complexity index is 1060. The van der Waals surface area contributed by atoms with E-state index in [9.17, 15) is 9.59 Å². The number of hydrogen-bond acceptors (Lipinski definition) is 4. The molecular formula is C24H30N4O2. The van der Waals surface area contributed by atoms with Crippen molar-refractivity contribution < 1.29 is 4.79 Å². The number of benzene rings is 2. The third-order valence-corrected chi connectivity index (χ3v) is 5.36. The molecule has 1 amide bonds. The van der Waals surface area contributed by atoms with Crippen molar-refractivity contribution in [3.05, 3.63) is 75.8 Å². The first-order valence-electron chi connectivity index (χ1n) is 10.5. The lowest BCUT2D eigenvalue weighted by molar-refractivity contribution is -0.123. The van der Waals surface area contributed by atoms with E-state index >= 15 is 0 Å². The summed E-state index contributed by atoms with van der Waals surface area (Å²) in [5, 5.41) is 3.64. The molecular weight excluding hydrogens is 376 g/mol. The molecule has 1 heterocycles. The van der Waals surface area contributed by atoms with E-state index in [1.54, 1.807) is 6.07 Å². The summed E-state index contributed by atoms with van der Waals surface area (Å²) in [7, 11) is 0. The Labute approximate surface area is 177 Å². The van der Waals surface area contributed by atoms with Crippen LogP contribution in [0.5, 0.6) is 0 Å². The Morgan fingerprint density at radius 1 is 1.10 bits per heavy atom. The first-order chi connectivity index (χ1) is 14.4. The van der Waals surface area contributed by atoms with Crippen LogP contribution in [-0.2, 0) is 17.8 Å². The van der Waals surface area contributed by atoms with Crippen LogP contribution in [0.15, 0.2) is 53.3 Å². The van der Waals surface area contributed by atoms with Gasteiger partial charge in [0, 0.05) is 6.04 Å². The molecule has 0 bridgehead atoms. The number of aromatic amines is 1. The zero-order valence-electron chi connectivity index (χ0n) is 18.1. The molecule has 3 rings (SSSR count). The van der Waals surface area contributed by atoms with Gasteiger partial charge in [-0.2, -0.15) is 0 Å². The number of aryl methyl sites for hydroxylation is 1. The Morgan fingerprint density at radius 2 is 1.80 bits per heavy atom. The Hall–Kier alpha value is -2.99. The minimum Gasteiger partial charge on any atom is -0.348 e. The largest absolute Gasteiger partial charge is 0.348 e. The van der Waals surface area contributed by atoms with E-state index in [2.05, 4.69) is 46.5 Å². The fourth-order valence-corrected chi connectivity index (χ4v) is 3.42. The quantitative estimate of drug-likeness (QED) is 0.599. The minimum absolute atomic E-state index is 0.0566. The molecule has 3 aromatic rings. The predicted molar refractivity (Wildman–Crippen MR) is 120 cm³/mol. The summed E-state index contributed by atoms with van der Waals surface area (Å²) in [6.45, 7) is 8.79. The van der Waals surface area contributed by atoms with Crippen LogP contribution in [0.3, 0.4) is 0 Å². The summed E-state index contributed by atoms with van der Waals surface area (Å²) < 4.78 is 0. The highest BCUT2D eigenvalue weighted by atomic mass is 16.2. The smallest absolute Gasteiger partial charge is 0.258 e. The number of hydrogen-bond donors (Lipinski definition) is 2. The number of rotatable bonds is 8. The summed E-state index contributed by atoms with van der Waals surface area (Å²) >= 11 is 0. The summed E-state index contributed by atoms with van der Waals surface area (Å²) in [6.07, 6.45) is 0.995. The molecule has 30 heavy (non-hydrogen) atoms. The molecule has 2 N–H and O–H groups in total. The van der Waals surface area contributed by atoms with E-state index in [0.29, 0.717) is 23.3 Å². The van der Waals surface area contributed by atoms with Crippen molar-refractivity contribution in [3.8, 4) is 0 Å². The highest BCUT2D eigenvalue weighted by Gasteiger charge is 2.18. The summed E-state index contributed by atoms with van der Waals surface area (Å²) in [6, 6.07) is 15.6. The van der Waals surface area contributed by atoms with Crippen molar-refractivity contribution in [2.24, 2.45) is 0 Å². The molecule has 6 heteroatoms. The second kappa shape index (κ2) is 9.67. The molecule has 0 fully saturated rings. The summed E-state index contributed by atoms with van der Waals surface area (Å²) in [5.74, 6) is 0.502. The SMILES string of the molecule is CCc1ccc(C(C)NC(=O)CN(Cc2nc3ccccc3c(=O)[nH]2)C(C)C)cc1. The van der Waals surface area contributed by atoms with Gasteiger partial charge in [0.15, 0.2) is 0 Å². The van der Waals surface area contributed by atoms with Gasteiger partial charge in [-0.15, -0.1) is 0 Å². The average Bonchev–Trinajstić information content (AvgIpc) is 2.73. The highest BCUT2D eigenvalue weighted by Crippen LogP contribution is 2.14. The van der Waals surface area contributed by atoms with Crippen molar-refractivity contribution >= 4 is 16.8 Å². The Morgan fingerprint density at radius 3 is 2.47 bits per heavy atom. The molecule has 2 aromatic carbocycles. The number of aromatic nitrogens is 2. The molecule has 0 aliphatic rings. The van der Waals surface area contributed by atoms with Gasteiger partial charge in [-0.3, -0.25) is 14.5 Å². The molecule has 158 valence electrons. The van der Waals surface area contributed by atoms with Crippen LogP contribution in [-0.4, -0.2) is 33.4 Å². The van der Waals surface area contributed by atoms with E-state index < -0.39 is 0 Å². The van der Waals surface area contributed by atoms with E-state index in [1.165, 1.54) is 5.56 Å². The van der Waals surface area contributed by atoms with Gasteiger partial charge < -0.3 is 10.3 Å². The lowest BCUT2D eigenvalue weighted by Gasteiger charge is -2.26. The second-order valence-electron chi connectivity index (χ2n) is 7.91. The molecule has 0 aliphatic heterocycles. The third kappa shape index (κ3) is 5.33. The van der Waals surface area contributed by atoms with Gasteiger partial charge in [-0.25, -0.2) is 4.98 Å². The number of carbonyl (C=O) groups is 1. The van der Waals surface area contributed by atoms with Gasteiger partial charge in [-0.05, 0) is 50.5 Å². The fraction of sp³-hybridized carbons (Fsp3) is 0.375. The Kier molecular flexibility index (Phi) is 7.00. The first-order valence-corrected chi connectivity index (χ1v) is 10.5. The van der Waals surface area contributed by atoms with Crippen LogP contribution in [0.2, 0.25) is 0 Å². The molecule has 0 spiro atoms. The van der Waals surface area contributed by atoms with Gasteiger partial charge in [-0.1, -0.05) is 43.3 Å². The van der Waals surface area contributed by atoms with Crippen LogP contribution in [0.1, 0.15) is 50.7 Å². The minimum atomic E-state index is -0.159. The van der Waals surface area contributed by atoms with E-state index in [1.807, 2.05) is 43.9 Å². The highest BCUT2D eigenvalue weighted by molar-refractivity contribution is 5.78. The van der Waals surface area contributed by atoms with Crippen LogP contribution in [0.4, 0.5) is 0 Å². The van der Waals surface area contributed by atoms with Crippen molar-refractivity contribution in [1.29, 1.82) is 0 Å². The number of fused-ring (bicyclic) bond motifs is 1. The van der Waals surface area contributed by atoms with Gasteiger partial charge in [0.05, 0.1) is 30.0 Å². The number of para-hydroxylation sites is 1. The molecule has 0 saturated carbocycles.